The molecule has 0 aromatic carbocycles. The lowest BCUT2D eigenvalue weighted by molar-refractivity contribution is -0.139. The highest BCUT2D eigenvalue weighted by Crippen LogP contribution is 2.30. The molecule has 1 N–H and O–H groups in total. The first-order valence-corrected chi connectivity index (χ1v) is 5.68. The van der Waals surface area contributed by atoms with Crippen molar-refractivity contribution in [1.29, 1.82) is 0 Å². The van der Waals surface area contributed by atoms with Gasteiger partial charge in [0.2, 0.25) is 0 Å². The maximum Gasteiger partial charge on any atom is 0.441 e. The maximum atomic E-state index is 11.9. The summed E-state index contributed by atoms with van der Waals surface area (Å²) in [5, 5.41) is 8.64. The summed E-state index contributed by atoms with van der Waals surface area (Å²) in [7, 11) is 0. The Hall–Kier alpha value is -0.430. The van der Waals surface area contributed by atoms with E-state index >= 15 is 0 Å². The molecule has 96 valence electrons. The summed E-state index contributed by atoms with van der Waals surface area (Å²) in [5.74, 6) is -1.19. The minimum atomic E-state index is -4.26. The van der Waals surface area contributed by atoms with Crippen LogP contribution in [0, 0.1) is 0 Å². The molecule has 0 aromatic rings. The zero-order valence-electron chi connectivity index (χ0n) is 9.47. The zero-order valence-corrected chi connectivity index (χ0v) is 10.3. The van der Waals surface area contributed by atoms with Crippen LogP contribution < -0.4 is 0 Å². The number of nitrogens with zero attached hydrogens (tertiary/aromatic N) is 1. The first-order valence-electron chi connectivity index (χ1n) is 4.70. The monoisotopic (exact) mass is 259 g/mol. The van der Waals surface area contributed by atoms with Crippen LogP contribution in [0.25, 0.3) is 0 Å². The fraction of sp³-hybridized carbons (Fsp3) is 0.889. The van der Waals surface area contributed by atoms with Crippen LogP contribution in [0.5, 0.6) is 0 Å². The summed E-state index contributed by atoms with van der Waals surface area (Å²) in [6.45, 7) is 5.17. The van der Waals surface area contributed by atoms with E-state index in [0.717, 1.165) is 0 Å². The summed E-state index contributed by atoms with van der Waals surface area (Å²) in [5.41, 5.74) is -4.71. The van der Waals surface area contributed by atoms with E-state index in [1.54, 1.807) is 20.8 Å². The normalized spacial score (nSPS) is 13.2. The van der Waals surface area contributed by atoms with Gasteiger partial charge < -0.3 is 5.11 Å². The average Bonchev–Trinajstić information content (AvgIpc) is 1.97. The molecule has 0 bridgehead atoms. The quantitative estimate of drug-likeness (QED) is 0.823. The molecule has 0 radical (unpaired) electrons. The van der Waals surface area contributed by atoms with Gasteiger partial charge in [-0.3, -0.25) is 9.69 Å². The van der Waals surface area contributed by atoms with Crippen LogP contribution in [0.3, 0.4) is 0 Å². The van der Waals surface area contributed by atoms with Gasteiger partial charge in [0.1, 0.15) is 0 Å². The SMILES string of the molecule is CC(C)(C)N(CCSC(F)(F)F)CC(=O)O. The molecule has 0 atom stereocenters. The van der Waals surface area contributed by atoms with E-state index in [4.69, 9.17) is 5.11 Å². The fourth-order valence-corrected chi connectivity index (χ4v) is 1.63. The number of carboxylic acids is 1. The van der Waals surface area contributed by atoms with Gasteiger partial charge in [0.25, 0.3) is 0 Å². The predicted octanol–water partition coefficient (Wildman–Crippen LogP) is 2.42. The van der Waals surface area contributed by atoms with Crippen molar-refractivity contribution in [1.82, 2.24) is 4.90 Å². The number of carbonyl (C=O) groups is 1. The molecule has 0 aliphatic heterocycles. The van der Waals surface area contributed by atoms with Gasteiger partial charge in [-0.2, -0.15) is 13.2 Å². The molecule has 0 saturated heterocycles. The van der Waals surface area contributed by atoms with Crippen molar-refractivity contribution >= 4 is 17.7 Å². The molecule has 3 nitrogen and oxygen atoms in total. The Morgan fingerprint density at radius 2 is 1.81 bits per heavy atom. The molecule has 7 heteroatoms. The second-order valence-electron chi connectivity index (χ2n) is 4.28. The van der Waals surface area contributed by atoms with Crippen LogP contribution >= 0.6 is 11.8 Å². The second kappa shape index (κ2) is 5.77. The predicted molar refractivity (Wildman–Crippen MR) is 57.5 cm³/mol. The Bertz CT molecular complexity index is 238. The Balaban J connectivity index is 4.19. The molecule has 0 spiro atoms. The molecular weight excluding hydrogens is 243 g/mol. The van der Waals surface area contributed by atoms with Gasteiger partial charge in [-0.05, 0) is 32.5 Å². The number of carboxylic acid groups (broad SMARTS) is 1. The lowest BCUT2D eigenvalue weighted by Gasteiger charge is -2.34. The number of rotatable bonds is 5. The van der Waals surface area contributed by atoms with Crippen LogP contribution in [-0.4, -0.2) is 45.9 Å². The van der Waals surface area contributed by atoms with Gasteiger partial charge >= 0.3 is 11.5 Å². The molecule has 0 aliphatic carbocycles. The van der Waals surface area contributed by atoms with Crippen LogP contribution in [0.4, 0.5) is 13.2 Å². The van der Waals surface area contributed by atoms with Crippen molar-refractivity contribution in [2.75, 3.05) is 18.8 Å². The number of alkyl halides is 3. The van der Waals surface area contributed by atoms with E-state index < -0.39 is 17.0 Å². The van der Waals surface area contributed by atoms with Gasteiger partial charge in [-0.15, -0.1) is 0 Å². The number of hydrogen-bond acceptors (Lipinski definition) is 3. The second-order valence-corrected chi connectivity index (χ2v) is 5.44. The van der Waals surface area contributed by atoms with E-state index in [1.807, 2.05) is 0 Å². The highest BCUT2D eigenvalue weighted by molar-refractivity contribution is 8.00. The summed E-state index contributed by atoms with van der Waals surface area (Å²) in [6, 6.07) is 0. The van der Waals surface area contributed by atoms with Gasteiger partial charge in [0.15, 0.2) is 0 Å². The van der Waals surface area contributed by atoms with Gasteiger partial charge in [0.05, 0.1) is 6.54 Å². The van der Waals surface area contributed by atoms with Crippen molar-refractivity contribution in [2.24, 2.45) is 0 Å². The smallest absolute Gasteiger partial charge is 0.441 e. The van der Waals surface area contributed by atoms with E-state index in [9.17, 15) is 18.0 Å². The number of halogens is 3. The fourth-order valence-electron chi connectivity index (χ4n) is 1.09. The van der Waals surface area contributed by atoms with Crippen LogP contribution in [0.15, 0.2) is 0 Å². The molecule has 16 heavy (non-hydrogen) atoms. The van der Waals surface area contributed by atoms with Crippen molar-refractivity contribution in [3.63, 3.8) is 0 Å². The summed E-state index contributed by atoms with van der Waals surface area (Å²) in [6.07, 6.45) is 0. The minimum Gasteiger partial charge on any atom is -0.480 e. The molecule has 0 amide bonds. The Labute approximate surface area is 97.0 Å². The first-order chi connectivity index (χ1) is 7.02. The van der Waals surface area contributed by atoms with Crippen LogP contribution in [0.2, 0.25) is 0 Å². The maximum absolute atomic E-state index is 11.9. The third-order valence-electron chi connectivity index (χ3n) is 1.90. The molecular formula is C9H16F3NO2S. The Kier molecular flexibility index (Phi) is 5.61. The van der Waals surface area contributed by atoms with Crippen molar-refractivity contribution < 1.29 is 23.1 Å². The third kappa shape index (κ3) is 7.81. The topological polar surface area (TPSA) is 40.5 Å². The van der Waals surface area contributed by atoms with E-state index in [-0.39, 0.29) is 30.6 Å². The van der Waals surface area contributed by atoms with Crippen LogP contribution in [-0.2, 0) is 4.79 Å². The lowest BCUT2D eigenvalue weighted by Crippen LogP contribution is -2.45. The highest BCUT2D eigenvalue weighted by atomic mass is 32.2. The molecule has 0 unspecified atom stereocenters. The Morgan fingerprint density at radius 1 is 1.31 bits per heavy atom. The third-order valence-corrected chi connectivity index (χ3v) is 2.62. The largest absolute Gasteiger partial charge is 0.480 e. The standard InChI is InChI=1S/C9H16F3NO2S/c1-8(2,3)13(6-7(14)15)4-5-16-9(10,11)12/h4-6H2,1-3H3,(H,14,15). The number of thioether (sulfide) groups is 1. The molecule has 0 aliphatic rings. The van der Waals surface area contributed by atoms with Gasteiger partial charge in [-0.25, -0.2) is 0 Å². The van der Waals surface area contributed by atoms with Gasteiger partial charge in [0, 0.05) is 17.8 Å². The average molecular weight is 259 g/mol. The van der Waals surface area contributed by atoms with E-state index in [1.165, 1.54) is 4.90 Å². The number of hydrogen-bond donors (Lipinski definition) is 1. The summed E-state index contributed by atoms with van der Waals surface area (Å²) >= 11 is -0.130. The highest BCUT2D eigenvalue weighted by Gasteiger charge is 2.29. The van der Waals surface area contributed by atoms with Crippen LogP contribution in [0.1, 0.15) is 20.8 Å². The van der Waals surface area contributed by atoms with E-state index in [2.05, 4.69) is 0 Å². The summed E-state index contributed by atoms with van der Waals surface area (Å²) < 4.78 is 35.7. The molecule has 0 saturated carbocycles. The lowest BCUT2D eigenvalue weighted by atomic mass is 10.1. The van der Waals surface area contributed by atoms with Gasteiger partial charge in [-0.1, -0.05) is 0 Å². The molecule has 0 fully saturated rings. The number of aliphatic carboxylic acids is 1. The molecule has 0 aromatic heterocycles. The molecule has 0 heterocycles. The zero-order chi connectivity index (χ0) is 13.0. The van der Waals surface area contributed by atoms with Crippen molar-refractivity contribution in [2.45, 2.75) is 31.8 Å². The summed E-state index contributed by atoms with van der Waals surface area (Å²) in [4.78, 5) is 12.1. The first kappa shape index (κ1) is 15.6. The molecule has 0 rings (SSSR count). The van der Waals surface area contributed by atoms with Crippen molar-refractivity contribution in [3.8, 4) is 0 Å². The minimum absolute atomic E-state index is 0.0972. The van der Waals surface area contributed by atoms with E-state index in [0.29, 0.717) is 0 Å². The Morgan fingerprint density at radius 3 is 2.12 bits per heavy atom. The van der Waals surface area contributed by atoms with Crippen molar-refractivity contribution in [3.05, 3.63) is 0 Å².